The molecule has 0 aromatic rings. The molecule has 0 saturated heterocycles. The minimum Gasteiger partial charge on any atom is -0.465 e. The van der Waals surface area contributed by atoms with Crippen LogP contribution in [0.25, 0.3) is 0 Å². The lowest BCUT2D eigenvalue weighted by Gasteiger charge is -2.37. The van der Waals surface area contributed by atoms with Crippen LogP contribution in [0.2, 0.25) is 18.1 Å². The van der Waals surface area contributed by atoms with Crippen LogP contribution >= 0.6 is 0 Å². The Morgan fingerprint density at radius 2 is 1.48 bits per heavy atom. The molecule has 1 amide bonds. The average molecular weight is 432 g/mol. The van der Waals surface area contributed by atoms with Crippen LogP contribution in [0.15, 0.2) is 0 Å². The number of ether oxygens (including phenoxy) is 2. The highest BCUT2D eigenvalue weighted by Crippen LogP contribution is 2.36. The van der Waals surface area contributed by atoms with Crippen molar-refractivity contribution in [2.45, 2.75) is 111 Å². The van der Waals surface area contributed by atoms with Crippen LogP contribution in [-0.2, 0) is 18.7 Å². The standard InChI is InChI=1S/C22H45NO5Si/c1-20(2,3)18(24)26-15-13-12-14-17(23-19(25)28-21(4,5)6)16-27-29(10,11)22(7,8)9/h17H,12-16H2,1-11H3,(H,23,25). The Morgan fingerprint density at radius 1 is 0.931 bits per heavy atom. The molecule has 0 fully saturated rings. The van der Waals surface area contributed by atoms with E-state index in [9.17, 15) is 9.59 Å². The van der Waals surface area contributed by atoms with Gasteiger partial charge in [-0.3, -0.25) is 4.79 Å². The number of hydrogen-bond donors (Lipinski definition) is 1. The third kappa shape index (κ3) is 12.3. The third-order valence-corrected chi connectivity index (χ3v) is 9.47. The van der Waals surface area contributed by atoms with E-state index in [2.05, 4.69) is 39.2 Å². The fourth-order valence-electron chi connectivity index (χ4n) is 2.07. The van der Waals surface area contributed by atoms with Crippen LogP contribution < -0.4 is 5.32 Å². The van der Waals surface area contributed by atoms with Crippen LogP contribution in [0.4, 0.5) is 4.79 Å². The second kappa shape index (κ2) is 10.8. The fourth-order valence-corrected chi connectivity index (χ4v) is 3.12. The Morgan fingerprint density at radius 3 is 1.93 bits per heavy atom. The Balaban J connectivity index is 4.72. The summed E-state index contributed by atoms with van der Waals surface area (Å²) in [5, 5.41) is 3.05. The highest BCUT2D eigenvalue weighted by Gasteiger charge is 2.37. The first-order valence-corrected chi connectivity index (χ1v) is 13.6. The van der Waals surface area contributed by atoms with E-state index in [1.165, 1.54) is 0 Å². The molecule has 0 spiro atoms. The van der Waals surface area contributed by atoms with E-state index in [1.54, 1.807) is 0 Å². The van der Waals surface area contributed by atoms with Crippen LogP contribution in [0.5, 0.6) is 0 Å². The van der Waals surface area contributed by atoms with E-state index in [0.717, 1.165) is 19.3 Å². The second-order valence-electron chi connectivity index (χ2n) is 11.3. The lowest BCUT2D eigenvalue weighted by molar-refractivity contribution is -0.153. The van der Waals surface area contributed by atoms with Crippen molar-refractivity contribution in [2.75, 3.05) is 13.2 Å². The quantitative estimate of drug-likeness (QED) is 0.290. The van der Waals surface area contributed by atoms with Crippen LogP contribution in [0.3, 0.4) is 0 Å². The van der Waals surface area contributed by atoms with E-state index >= 15 is 0 Å². The molecule has 29 heavy (non-hydrogen) atoms. The number of unbranched alkanes of at least 4 members (excludes halogenated alkanes) is 1. The van der Waals surface area contributed by atoms with E-state index in [4.69, 9.17) is 13.9 Å². The van der Waals surface area contributed by atoms with Gasteiger partial charge < -0.3 is 19.2 Å². The topological polar surface area (TPSA) is 73.9 Å². The molecule has 0 aromatic carbocycles. The molecule has 1 atom stereocenters. The van der Waals surface area contributed by atoms with Gasteiger partial charge in [0.15, 0.2) is 8.32 Å². The van der Waals surface area contributed by atoms with Gasteiger partial charge in [0.1, 0.15) is 5.60 Å². The molecular weight excluding hydrogens is 386 g/mol. The number of nitrogens with one attached hydrogen (secondary N) is 1. The van der Waals surface area contributed by atoms with Crippen molar-refractivity contribution >= 4 is 20.4 Å². The number of esters is 1. The van der Waals surface area contributed by atoms with E-state index in [1.807, 2.05) is 41.5 Å². The molecule has 0 heterocycles. The fraction of sp³-hybridized carbons (Fsp3) is 0.909. The van der Waals surface area contributed by atoms with Crippen molar-refractivity contribution in [1.82, 2.24) is 5.32 Å². The maximum absolute atomic E-state index is 12.2. The van der Waals surface area contributed by atoms with E-state index in [-0.39, 0.29) is 17.0 Å². The number of carbonyl (C=O) groups excluding carboxylic acids is 2. The molecule has 0 rings (SSSR count). The van der Waals surface area contributed by atoms with Gasteiger partial charge in [0.25, 0.3) is 0 Å². The molecule has 0 bridgehead atoms. The minimum atomic E-state index is -1.92. The van der Waals surface area contributed by atoms with Gasteiger partial charge in [-0.25, -0.2) is 4.79 Å². The van der Waals surface area contributed by atoms with E-state index < -0.39 is 25.4 Å². The zero-order valence-corrected chi connectivity index (χ0v) is 21.7. The molecular formula is C22H45NO5Si. The summed E-state index contributed by atoms with van der Waals surface area (Å²) < 4.78 is 17.0. The summed E-state index contributed by atoms with van der Waals surface area (Å²) in [7, 11) is -1.92. The van der Waals surface area contributed by atoms with Crippen LogP contribution in [0.1, 0.15) is 81.6 Å². The number of hydrogen-bond acceptors (Lipinski definition) is 5. The van der Waals surface area contributed by atoms with Crippen LogP contribution in [-0.4, -0.2) is 45.2 Å². The normalized spacial score (nSPS) is 14.3. The van der Waals surface area contributed by atoms with Crippen molar-refractivity contribution in [3.63, 3.8) is 0 Å². The highest BCUT2D eigenvalue weighted by molar-refractivity contribution is 6.74. The molecule has 7 heteroatoms. The zero-order chi connectivity index (χ0) is 23.1. The van der Waals surface area contributed by atoms with Gasteiger partial charge in [0.05, 0.1) is 24.7 Å². The molecule has 0 aliphatic rings. The minimum absolute atomic E-state index is 0.102. The van der Waals surface area contributed by atoms with Crippen molar-refractivity contribution in [3.05, 3.63) is 0 Å². The first-order valence-electron chi connectivity index (χ1n) is 10.7. The Labute approximate surface area is 179 Å². The van der Waals surface area contributed by atoms with Gasteiger partial charge in [-0.05, 0) is 78.9 Å². The first kappa shape index (κ1) is 27.9. The summed E-state index contributed by atoms with van der Waals surface area (Å²) in [6.45, 7) is 22.9. The summed E-state index contributed by atoms with van der Waals surface area (Å²) in [6.07, 6.45) is 1.87. The van der Waals surface area contributed by atoms with Crippen molar-refractivity contribution in [3.8, 4) is 0 Å². The smallest absolute Gasteiger partial charge is 0.407 e. The van der Waals surface area contributed by atoms with Gasteiger partial charge in [-0.1, -0.05) is 20.8 Å². The number of rotatable bonds is 9. The van der Waals surface area contributed by atoms with Crippen molar-refractivity contribution in [1.29, 1.82) is 0 Å². The SMILES string of the molecule is CC(C)(C)OC(=O)NC(CCCCOC(=O)C(C)(C)C)CO[Si](C)(C)C(C)(C)C. The molecule has 0 radical (unpaired) electrons. The Kier molecular flexibility index (Phi) is 10.4. The predicted octanol–water partition coefficient (Wildman–Crippen LogP) is 5.66. The summed E-state index contributed by atoms with van der Waals surface area (Å²) in [4.78, 5) is 24.1. The number of amides is 1. The molecule has 0 saturated carbocycles. The molecule has 172 valence electrons. The Bertz CT molecular complexity index is 527. The molecule has 1 unspecified atom stereocenters. The second-order valence-corrected chi connectivity index (χ2v) is 16.1. The molecule has 0 aliphatic heterocycles. The van der Waals surface area contributed by atoms with E-state index in [0.29, 0.717) is 13.2 Å². The van der Waals surface area contributed by atoms with Crippen molar-refractivity contribution in [2.24, 2.45) is 5.41 Å². The first-order chi connectivity index (χ1) is 12.8. The molecule has 1 N–H and O–H groups in total. The van der Waals surface area contributed by atoms with Gasteiger partial charge in [0, 0.05) is 0 Å². The molecule has 0 aliphatic carbocycles. The number of alkyl carbamates (subject to hydrolysis) is 1. The maximum atomic E-state index is 12.2. The largest absolute Gasteiger partial charge is 0.465 e. The third-order valence-electron chi connectivity index (χ3n) is 4.96. The van der Waals surface area contributed by atoms with Gasteiger partial charge >= 0.3 is 12.1 Å². The summed E-state index contributed by atoms with van der Waals surface area (Å²) in [5.74, 6) is -0.192. The monoisotopic (exact) mass is 431 g/mol. The van der Waals surface area contributed by atoms with Gasteiger partial charge in [0.2, 0.25) is 0 Å². The van der Waals surface area contributed by atoms with Crippen LogP contribution in [0, 0.1) is 5.41 Å². The summed E-state index contributed by atoms with van der Waals surface area (Å²) in [5.41, 5.74) is -1.03. The lowest BCUT2D eigenvalue weighted by Crippen LogP contribution is -2.47. The van der Waals surface area contributed by atoms with Crippen molar-refractivity contribution < 1.29 is 23.5 Å². The summed E-state index contributed by atoms with van der Waals surface area (Å²) >= 11 is 0. The van der Waals surface area contributed by atoms with Gasteiger partial charge in [-0.15, -0.1) is 0 Å². The Hall–Kier alpha value is -1.08. The maximum Gasteiger partial charge on any atom is 0.407 e. The zero-order valence-electron chi connectivity index (χ0n) is 20.7. The average Bonchev–Trinajstić information content (AvgIpc) is 2.47. The predicted molar refractivity (Wildman–Crippen MR) is 121 cm³/mol. The highest BCUT2D eigenvalue weighted by atomic mass is 28.4. The molecule has 0 aromatic heterocycles. The molecule has 6 nitrogen and oxygen atoms in total. The lowest BCUT2D eigenvalue weighted by atomic mass is 9.97. The van der Waals surface area contributed by atoms with Gasteiger partial charge in [-0.2, -0.15) is 0 Å². The number of carbonyl (C=O) groups is 2. The summed E-state index contributed by atoms with van der Waals surface area (Å²) in [6, 6.07) is -0.141.